The van der Waals surface area contributed by atoms with Crippen LogP contribution in [0.1, 0.15) is 21.7 Å². The molecule has 0 aliphatic rings. The Balaban J connectivity index is 2.56. The van der Waals surface area contributed by atoms with Crippen molar-refractivity contribution in [1.29, 1.82) is 0 Å². The Morgan fingerprint density at radius 3 is 2.24 bits per heavy atom. The Bertz CT molecular complexity index is 564. The number of hydrogen-bond acceptors (Lipinski definition) is 2. The highest BCUT2D eigenvalue weighted by atomic mass is 35.5. The van der Waals surface area contributed by atoms with E-state index >= 15 is 0 Å². The first-order valence-electron chi connectivity index (χ1n) is 4.74. The second kappa shape index (κ2) is 4.73. The Kier molecular flexibility index (Phi) is 3.48. The molecule has 0 unspecified atom stereocenters. The van der Waals surface area contributed by atoms with E-state index < -0.39 is 0 Å². The summed E-state index contributed by atoms with van der Waals surface area (Å²) in [5, 5.41) is 0.849. The van der Waals surface area contributed by atoms with Gasteiger partial charge in [-0.05, 0) is 25.1 Å². The third-order valence-corrected chi connectivity index (χ3v) is 3.15. The summed E-state index contributed by atoms with van der Waals surface area (Å²) in [6, 6.07) is 4.55. The van der Waals surface area contributed by atoms with Crippen LogP contribution in [-0.4, -0.2) is 5.78 Å². The van der Waals surface area contributed by atoms with Crippen molar-refractivity contribution in [2.24, 2.45) is 0 Å². The summed E-state index contributed by atoms with van der Waals surface area (Å²) in [5.41, 5.74) is 0.679. The van der Waals surface area contributed by atoms with Crippen LogP contribution >= 0.6 is 34.8 Å². The molecule has 88 valence electrons. The number of hydrogen-bond donors (Lipinski definition) is 0. The number of carbonyl (C=O) groups excluding carboxylic acids is 1. The molecule has 0 spiro atoms. The zero-order valence-corrected chi connectivity index (χ0v) is 11.0. The summed E-state index contributed by atoms with van der Waals surface area (Å²) in [6.45, 7) is 1.70. The van der Waals surface area contributed by atoms with E-state index in [1.165, 1.54) is 18.4 Å². The third-order valence-electron chi connectivity index (χ3n) is 2.34. The second-order valence-corrected chi connectivity index (χ2v) is 4.71. The fourth-order valence-electron chi connectivity index (χ4n) is 1.51. The number of aryl methyl sites for hydroxylation is 1. The van der Waals surface area contributed by atoms with Crippen LogP contribution < -0.4 is 0 Å². The third kappa shape index (κ3) is 2.34. The number of carbonyl (C=O) groups is 1. The maximum Gasteiger partial charge on any atom is 0.199 e. The van der Waals surface area contributed by atoms with Crippen molar-refractivity contribution in [3.05, 3.63) is 56.4 Å². The number of ketones is 1. The Morgan fingerprint density at radius 2 is 1.76 bits per heavy atom. The van der Waals surface area contributed by atoms with E-state index in [1.807, 2.05) is 0 Å². The summed E-state index contributed by atoms with van der Waals surface area (Å²) >= 11 is 17.7. The first-order valence-corrected chi connectivity index (χ1v) is 5.87. The monoisotopic (exact) mass is 288 g/mol. The molecule has 1 aromatic carbocycles. The molecule has 0 atom stereocenters. The van der Waals surface area contributed by atoms with E-state index in [-0.39, 0.29) is 21.4 Å². The van der Waals surface area contributed by atoms with Gasteiger partial charge in [0.25, 0.3) is 0 Å². The van der Waals surface area contributed by atoms with Crippen molar-refractivity contribution in [3.63, 3.8) is 0 Å². The summed E-state index contributed by atoms with van der Waals surface area (Å²) in [6.07, 6.45) is 1.44. The molecule has 1 aromatic heterocycles. The topological polar surface area (TPSA) is 30.2 Å². The predicted molar refractivity (Wildman–Crippen MR) is 68.3 cm³/mol. The van der Waals surface area contributed by atoms with E-state index in [0.717, 1.165) is 0 Å². The van der Waals surface area contributed by atoms with Gasteiger partial charge < -0.3 is 4.42 Å². The quantitative estimate of drug-likeness (QED) is 0.745. The van der Waals surface area contributed by atoms with Crippen molar-refractivity contribution < 1.29 is 9.21 Å². The lowest BCUT2D eigenvalue weighted by Crippen LogP contribution is -2.03. The fourth-order valence-corrected chi connectivity index (χ4v) is 2.50. The molecular formula is C12H7Cl3O2. The van der Waals surface area contributed by atoms with Crippen molar-refractivity contribution in [2.45, 2.75) is 6.92 Å². The number of furan rings is 1. The van der Waals surface area contributed by atoms with E-state index in [1.54, 1.807) is 13.0 Å². The van der Waals surface area contributed by atoms with Gasteiger partial charge in [-0.15, -0.1) is 0 Å². The molecule has 5 heteroatoms. The molecule has 0 radical (unpaired) electrons. The molecule has 0 N–H and O–H groups in total. The lowest BCUT2D eigenvalue weighted by molar-refractivity contribution is 0.103. The fraction of sp³-hybridized carbons (Fsp3) is 0.0833. The molecular weight excluding hydrogens is 282 g/mol. The van der Waals surface area contributed by atoms with Crippen LogP contribution in [-0.2, 0) is 0 Å². The van der Waals surface area contributed by atoms with Gasteiger partial charge in [0, 0.05) is 5.02 Å². The lowest BCUT2D eigenvalue weighted by atomic mass is 10.0. The zero-order chi connectivity index (χ0) is 12.6. The van der Waals surface area contributed by atoms with Crippen LogP contribution in [0.4, 0.5) is 0 Å². The first-order chi connectivity index (χ1) is 8.00. The van der Waals surface area contributed by atoms with E-state index in [0.29, 0.717) is 16.3 Å². The van der Waals surface area contributed by atoms with Gasteiger partial charge in [-0.25, -0.2) is 0 Å². The van der Waals surface area contributed by atoms with Crippen LogP contribution in [0.25, 0.3) is 0 Å². The van der Waals surface area contributed by atoms with Gasteiger partial charge in [0.15, 0.2) is 5.78 Å². The van der Waals surface area contributed by atoms with E-state index in [2.05, 4.69) is 0 Å². The van der Waals surface area contributed by atoms with Crippen LogP contribution in [0.2, 0.25) is 15.1 Å². The molecule has 2 rings (SSSR count). The Labute approximate surface area is 113 Å². The van der Waals surface area contributed by atoms with Crippen LogP contribution in [0, 0.1) is 6.92 Å². The largest absolute Gasteiger partial charge is 0.469 e. The number of benzene rings is 1. The maximum absolute atomic E-state index is 12.2. The smallest absolute Gasteiger partial charge is 0.199 e. The van der Waals surface area contributed by atoms with Crippen molar-refractivity contribution >= 4 is 40.6 Å². The molecule has 0 amide bonds. The van der Waals surface area contributed by atoms with Crippen LogP contribution in [0.3, 0.4) is 0 Å². The predicted octanol–water partition coefficient (Wildman–Crippen LogP) is 4.78. The molecule has 0 saturated heterocycles. The maximum atomic E-state index is 12.2. The minimum atomic E-state index is -0.275. The van der Waals surface area contributed by atoms with Crippen molar-refractivity contribution in [3.8, 4) is 0 Å². The van der Waals surface area contributed by atoms with Gasteiger partial charge in [-0.2, -0.15) is 0 Å². The molecule has 0 aliphatic carbocycles. The highest BCUT2D eigenvalue weighted by Gasteiger charge is 2.20. The minimum Gasteiger partial charge on any atom is -0.469 e. The van der Waals surface area contributed by atoms with Gasteiger partial charge in [-0.1, -0.05) is 34.8 Å². The number of rotatable bonds is 2. The van der Waals surface area contributed by atoms with Gasteiger partial charge >= 0.3 is 0 Å². The SMILES string of the molecule is Cc1occc1C(=O)c1c(Cl)cc(Cl)cc1Cl. The number of halogens is 3. The minimum absolute atomic E-state index is 0.230. The first kappa shape index (κ1) is 12.5. The molecule has 17 heavy (non-hydrogen) atoms. The summed E-state index contributed by atoms with van der Waals surface area (Å²) < 4.78 is 5.08. The molecule has 2 aromatic rings. The molecule has 0 fully saturated rings. The molecule has 0 bridgehead atoms. The summed E-state index contributed by atoms with van der Waals surface area (Å²) in [4.78, 5) is 12.2. The summed E-state index contributed by atoms with van der Waals surface area (Å²) in [7, 11) is 0. The van der Waals surface area contributed by atoms with Gasteiger partial charge in [-0.3, -0.25) is 4.79 Å². The Hall–Kier alpha value is -0.960. The average Bonchev–Trinajstić information content (AvgIpc) is 2.62. The molecule has 0 saturated carbocycles. The van der Waals surface area contributed by atoms with Gasteiger partial charge in [0.1, 0.15) is 5.76 Å². The molecule has 1 heterocycles. The molecule has 2 nitrogen and oxygen atoms in total. The normalized spacial score (nSPS) is 10.6. The van der Waals surface area contributed by atoms with Gasteiger partial charge in [0.2, 0.25) is 0 Å². The standard InChI is InChI=1S/C12H7Cl3O2/c1-6-8(2-3-17-6)12(16)11-9(14)4-7(13)5-10(11)15/h2-5H,1H3. The van der Waals surface area contributed by atoms with Crippen molar-refractivity contribution in [1.82, 2.24) is 0 Å². The zero-order valence-electron chi connectivity index (χ0n) is 8.76. The lowest BCUT2D eigenvalue weighted by Gasteiger charge is -2.06. The Morgan fingerprint density at radius 1 is 1.18 bits per heavy atom. The average molecular weight is 290 g/mol. The summed E-state index contributed by atoms with van der Waals surface area (Å²) in [5.74, 6) is 0.250. The van der Waals surface area contributed by atoms with E-state index in [4.69, 9.17) is 39.2 Å². The highest BCUT2D eigenvalue weighted by Crippen LogP contribution is 2.31. The van der Waals surface area contributed by atoms with Crippen LogP contribution in [0.5, 0.6) is 0 Å². The van der Waals surface area contributed by atoms with Gasteiger partial charge in [0.05, 0.1) is 27.4 Å². The second-order valence-electron chi connectivity index (χ2n) is 3.46. The molecule has 0 aliphatic heterocycles. The van der Waals surface area contributed by atoms with Crippen molar-refractivity contribution in [2.75, 3.05) is 0 Å². The highest BCUT2D eigenvalue weighted by molar-refractivity contribution is 6.43. The van der Waals surface area contributed by atoms with E-state index in [9.17, 15) is 4.79 Å². The van der Waals surface area contributed by atoms with Crippen LogP contribution in [0.15, 0.2) is 28.9 Å².